The molecule has 0 aliphatic heterocycles. The quantitative estimate of drug-likeness (QED) is 0.660. The van der Waals surface area contributed by atoms with E-state index in [1.54, 1.807) is 12.1 Å². The number of benzene rings is 1. The van der Waals surface area contributed by atoms with E-state index < -0.39 is 11.7 Å². The van der Waals surface area contributed by atoms with Gasteiger partial charge in [0.05, 0.1) is 18.7 Å². The molecule has 0 radical (unpaired) electrons. The lowest BCUT2D eigenvalue weighted by Crippen LogP contribution is -1.99. The van der Waals surface area contributed by atoms with Crippen LogP contribution in [0.4, 0.5) is 0 Å². The Kier molecular flexibility index (Phi) is 4.39. The molecule has 0 unspecified atom stereocenters. The maximum absolute atomic E-state index is 10.5. The van der Waals surface area contributed by atoms with Crippen molar-refractivity contribution in [1.29, 1.82) is 0 Å². The number of carbonyl (C=O) groups is 1. The molecule has 1 rings (SSSR count). The Morgan fingerprint density at radius 1 is 1.29 bits per heavy atom. The second kappa shape index (κ2) is 5.58. The summed E-state index contributed by atoms with van der Waals surface area (Å²) in [4.78, 5) is 10.5. The summed E-state index contributed by atoms with van der Waals surface area (Å²) in [5.41, 5.74) is 0.475. The summed E-state index contributed by atoms with van der Waals surface area (Å²) in [5.74, 6) is -1.21. The number of aliphatic carboxylic acids is 1. The molecule has 6 heteroatoms. The van der Waals surface area contributed by atoms with Crippen LogP contribution in [0.25, 0.3) is 6.08 Å². The Bertz CT molecular complexity index is 467. The first kappa shape index (κ1) is 13.4. The molecular weight excluding hydrogens is 292 g/mol. The third-order valence-electron chi connectivity index (χ3n) is 2.03. The third-order valence-corrected chi connectivity index (χ3v) is 2.84. The van der Waals surface area contributed by atoms with Gasteiger partial charge in [0.15, 0.2) is 11.5 Å². The maximum Gasteiger partial charge on any atom is 0.370 e. The number of hydrogen-bond donors (Lipinski definition) is 2. The van der Waals surface area contributed by atoms with E-state index in [1.807, 2.05) is 0 Å². The van der Waals surface area contributed by atoms with E-state index in [4.69, 9.17) is 19.7 Å². The van der Waals surface area contributed by atoms with Crippen molar-refractivity contribution in [2.75, 3.05) is 14.2 Å². The van der Waals surface area contributed by atoms with Crippen LogP contribution in [0, 0.1) is 0 Å². The smallest absolute Gasteiger partial charge is 0.370 e. The molecule has 5 nitrogen and oxygen atoms in total. The van der Waals surface area contributed by atoms with Gasteiger partial charge in [-0.15, -0.1) is 0 Å². The van der Waals surface area contributed by atoms with E-state index >= 15 is 0 Å². The minimum atomic E-state index is -1.40. The number of ether oxygens (including phenoxy) is 2. The largest absolute Gasteiger partial charge is 0.502 e. The number of halogens is 1. The molecule has 2 N–H and O–H groups in total. The number of carboxylic acid groups (broad SMARTS) is 1. The minimum Gasteiger partial charge on any atom is -0.502 e. The molecular formula is C11H11BrO5. The number of carboxylic acids is 1. The molecule has 0 atom stereocenters. The monoisotopic (exact) mass is 302 g/mol. The van der Waals surface area contributed by atoms with Gasteiger partial charge in [-0.2, -0.15) is 0 Å². The van der Waals surface area contributed by atoms with Crippen molar-refractivity contribution in [3.8, 4) is 11.5 Å². The van der Waals surface area contributed by atoms with Gasteiger partial charge in [-0.3, -0.25) is 0 Å². The maximum atomic E-state index is 10.5. The zero-order valence-corrected chi connectivity index (χ0v) is 10.8. The van der Waals surface area contributed by atoms with Gasteiger partial charge in [0, 0.05) is 0 Å². The minimum absolute atomic E-state index is 0.430. The van der Waals surface area contributed by atoms with E-state index in [-0.39, 0.29) is 0 Å². The molecule has 0 saturated carbocycles. The molecule has 0 aromatic heterocycles. The molecule has 92 valence electrons. The van der Waals surface area contributed by atoms with Gasteiger partial charge >= 0.3 is 5.97 Å². The summed E-state index contributed by atoms with van der Waals surface area (Å²) in [6.07, 6.45) is 1.12. The molecule has 0 aliphatic carbocycles. The Morgan fingerprint density at radius 2 is 1.94 bits per heavy atom. The fourth-order valence-corrected chi connectivity index (χ4v) is 1.83. The van der Waals surface area contributed by atoms with Crippen molar-refractivity contribution in [2.45, 2.75) is 0 Å². The van der Waals surface area contributed by atoms with Crippen LogP contribution in [0.15, 0.2) is 22.4 Å². The van der Waals surface area contributed by atoms with Crippen LogP contribution < -0.4 is 9.47 Å². The standard InChI is InChI=1S/C11H11BrO5/c1-16-8-4-3-6(5-7(13)11(14)15)9(12)10(8)17-2/h3-5,13H,1-2H3,(H,14,15)/b7-5-. The van der Waals surface area contributed by atoms with Gasteiger partial charge in [-0.05, 0) is 39.7 Å². The average Bonchev–Trinajstić information content (AvgIpc) is 2.31. The Morgan fingerprint density at radius 3 is 2.41 bits per heavy atom. The van der Waals surface area contributed by atoms with E-state index in [2.05, 4.69) is 15.9 Å². The summed E-state index contributed by atoms with van der Waals surface area (Å²) in [5, 5.41) is 17.7. The lowest BCUT2D eigenvalue weighted by Gasteiger charge is -2.11. The molecule has 17 heavy (non-hydrogen) atoms. The molecule has 1 aromatic rings. The zero-order chi connectivity index (χ0) is 13.0. The van der Waals surface area contributed by atoms with Crippen LogP contribution in [0.2, 0.25) is 0 Å². The van der Waals surface area contributed by atoms with Crippen molar-refractivity contribution in [1.82, 2.24) is 0 Å². The van der Waals surface area contributed by atoms with Crippen LogP contribution in [-0.4, -0.2) is 30.4 Å². The number of rotatable bonds is 4. The van der Waals surface area contributed by atoms with Crippen LogP contribution >= 0.6 is 15.9 Å². The van der Waals surface area contributed by atoms with Crippen LogP contribution in [-0.2, 0) is 4.79 Å². The van der Waals surface area contributed by atoms with Gasteiger partial charge in [-0.1, -0.05) is 0 Å². The van der Waals surface area contributed by atoms with E-state index in [1.165, 1.54) is 14.2 Å². The third kappa shape index (κ3) is 2.91. The van der Waals surface area contributed by atoms with Gasteiger partial charge < -0.3 is 19.7 Å². The predicted molar refractivity (Wildman–Crippen MR) is 65.5 cm³/mol. The summed E-state index contributed by atoms with van der Waals surface area (Å²) in [6.45, 7) is 0. The normalized spacial score (nSPS) is 11.1. The highest BCUT2D eigenvalue weighted by atomic mass is 79.9. The van der Waals surface area contributed by atoms with Crippen molar-refractivity contribution in [3.05, 3.63) is 27.9 Å². The highest BCUT2D eigenvalue weighted by Gasteiger charge is 2.13. The molecule has 0 spiro atoms. The van der Waals surface area contributed by atoms with Crippen molar-refractivity contribution in [2.24, 2.45) is 0 Å². The second-order valence-corrected chi connectivity index (χ2v) is 3.83. The lowest BCUT2D eigenvalue weighted by molar-refractivity contribution is -0.135. The second-order valence-electron chi connectivity index (χ2n) is 3.04. The van der Waals surface area contributed by atoms with Crippen molar-refractivity contribution < 1.29 is 24.5 Å². The fraction of sp³-hybridized carbons (Fsp3) is 0.182. The van der Waals surface area contributed by atoms with Gasteiger partial charge in [0.2, 0.25) is 5.76 Å². The Hall–Kier alpha value is -1.69. The zero-order valence-electron chi connectivity index (χ0n) is 9.23. The highest BCUT2D eigenvalue weighted by Crippen LogP contribution is 2.38. The van der Waals surface area contributed by atoms with E-state index in [9.17, 15) is 4.79 Å². The molecule has 0 saturated heterocycles. The Balaban J connectivity index is 3.29. The highest BCUT2D eigenvalue weighted by molar-refractivity contribution is 9.10. The Labute approximate surface area is 106 Å². The number of aliphatic hydroxyl groups excluding tert-OH is 1. The summed E-state index contributed by atoms with van der Waals surface area (Å²) in [7, 11) is 2.96. The molecule has 0 heterocycles. The molecule has 0 fully saturated rings. The summed E-state index contributed by atoms with van der Waals surface area (Å²) in [6, 6.07) is 3.22. The predicted octanol–water partition coefficient (Wildman–Crippen LogP) is 2.45. The first-order chi connectivity index (χ1) is 8.01. The first-order valence-corrected chi connectivity index (χ1v) is 5.35. The van der Waals surface area contributed by atoms with E-state index in [0.717, 1.165) is 6.08 Å². The molecule has 0 bridgehead atoms. The van der Waals surface area contributed by atoms with Gasteiger partial charge in [-0.25, -0.2) is 4.79 Å². The number of hydrogen-bond acceptors (Lipinski definition) is 4. The average molecular weight is 303 g/mol. The topological polar surface area (TPSA) is 76.0 Å². The fourth-order valence-electron chi connectivity index (χ4n) is 1.23. The lowest BCUT2D eigenvalue weighted by atomic mass is 10.1. The van der Waals surface area contributed by atoms with Crippen LogP contribution in [0.1, 0.15) is 5.56 Å². The first-order valence-electron chi connectivity index (χ1n) is 4.55. The van der Waals surface area contributed by atoms with Gasteiger partial charge in [0.25, 0.3) is 0 Å². The molecule has 0 amide bonds. The number of aliphatic hydroxyl groups is 1. The number of methoxy groups -OCH3 is 2. The van der Waals surface area contributed by atoms with E-state index in [0.29, 0.717) is 21.5 Å². The SMILES string of the molecule is COc1ccc(/C=C(\O)C(=O)O)c(Br)c1OC. The van der Waals surface area contributed by atoms with Crippen LogP contribution in [0.3, 0.4) is 0 Å². The summed E-state index contributed by atoms with van der Waals surface area (Å²) < 4.78 is 10.7. The van der Waals surface area contributed by atoms with Crippen molar-refractivity contribution in [3.63, 3.8) is 0 Å². The molecule has 1 aromatic carbocycles. The van der Waals surface area contributed by atoms with Crippen molar-refractivity contribution >= 4 is 28.0 Å². The molecule has 0 aliphatic rings. The van der Waals surface area contributed by atoms with Crippen LogP contribution in [0.5, 0.6) is 11.5 Å². The summed E-state index contributed by atoms with van der Waals surface area (Å²) >= 11 is 3.26. The van der Waals surface area contributed by atoms with Gasteiger partial charge in [0.1, 0.15) is 0 Å².